The molecule has 0 saturated heterocycles. The van der Waals surface area contributed by atoms with Gasteiger partial charge in [-0.15, -0.1) is 0 Å². The van der Waals surface area contributed by atoms with Gasteiger partial charge in [-0.25, -0.2) is 0 Å². The van der Waals surface area contributed by atoms with Gasteiger partial charge in [0, 0.05) is 0 Å². The summed E-state index contributed by atoms with van der Waals surface area (Å²) in [7, 11) is 3.00. The van der Waals surface area contributed by atoms with Gasteiger partial charge in [-0.2, -0.15) is 0 Å². The number of halogens is 1. The van der Waals surface area contributed by atoms with Crippen molar-refractivity contribution < 1.29 is 42.0 Å². The summed E-state index contributed by atoms with van der Waals surface area (Å²) in [5.74, 6) is 0. The molecule has 0 unspecified atom stereocenters. The summed E-state index contributed by atoms with van der Waals surface area (Å²) in [5, 5.41) is 0. The molecular weight excluding hydrogens is 43.7 g/mol. The normalized spacial score (nSPS) is 1.50. The Labute approximate surface area is 50.3 Å². The van der Waals surface area contributed by atoms with Gasteiger partial charge in [0.25, 0.3) is 0 Å². The summed E-state index contributed by atoms with van der Waals surface area (Å²) in [6.07, 6.45) is 0. The van der Waals surface area contributed by atoms with Gasteiger partial charge in [0.2, 0.25) is 0 Å². The average molecular weight is 43.7 g/mol. The molecule has 0 aromatic carbocycles. The molecule has 0 bridgehead atoms. The molecule has 3 radical (unpaired) electrons. The Morgan fingerprint density at radius 3 is 1.00 bits per heavy atom. The maximum Gasteiger partial charge on any atom is 1.00 e. The van der Waals surface area contributed by atoms with Crippen LogP contribution in [0, 0.1) is 0 Å². The first-order chi connectivity index (χ1) is 1.00. The number of hydrogen-bond acceptors (Lipinski definition) is 0. The Balaban J connectivity index is -0.00000000500. The van der Waals surface area contributed by atoms with Gasteiger partial charge in [-0.3, -0.25) is 0 Å². The summed E-state index contributed by atoms with van der Waals surface area (Å²) in [4.78, 5) is 0. The number of rotatable bonds is 0. The van der Waals surface area contributed by atoms with Crippen LogP contribution in [0.2, 0.25) is 0 Å². The van der Waals surface area contributed by atoms with E-state index >= 15 is 0 Å². The van der Waals surface area contributed by atoms with Crippen molar-refractivity contribution >= 4 is 8.12 Å². The molecule has 0 aliphatic rings. The summed E-state index contributed by atoms with van der Waals surface area (Å²) < 4.78 is 9.00. The fourth-order valence-electron chi connectivity index (χ4n) is 0. The molecule has 0 fully saturated rings. The van der Waals surface area contributed by atoms with Crippen LogP contribution in [-0.2, 0) is 0 Å². The largest absolute Gasteiger partial charge is 1.00 e. The Bertz CT molecular complexity index is 6.00. The third-order valence-electron chi connectivity index (χ3n) is 0. The fourth-order valence-corrected chi connectivity index (χ4v) is 0. The van der Waals surface area contributed by atoms with E-state index in [4.69, 9.17) is 4.32 Å². The first-order valence-corrected chi connectivity index (χ1v) is 0.218. The van der Waals surface area contributed by atoms with Crippen molar-refractivity contribution in [2.75, 3.05) is 0 Å². The van der Waals surface area contributed by atoms with Crippen molar-refractivity contribution in [3.63, 3.8) is 0 Å². The van der Waals surface area contributed by atoms with Crippen molar-refractivity contribution in [3.8, 4) is 0 Å². The van der Waals surface area contributed by atoms with Crippen LogP contribution >= 0.6 is 0 Å². The standard InChI is InChI=1S/BF.2Li/c1-2;;/q-1;2*+1. The summed E-state index contributed by atoms with van der Waals surface area (Å²) >= 11 is 0. The van der Waals surface area contributed by atoms with E-state index in [0.717, 1.165) is 0 Å². The third kappa shape index (κ3) is 10.8. The van der Waals surface area contributed by atoms with Gasteiger partial charge >= 0.3 is 37.7 Å². The van der Waals surface area contributed by atoms with Crippen LogP contribution in [0.25, 0.3) is 0 Å². The molecule has 0 aliphatic carbocycles. The minimum Gasteiger partial charge on any atom is -0.643 e. The molecule has 0 saturated carbocycles. The maximum absolute atomic E-state index is 9.00. The molecule has 0 amide bonds. The predicted octanol–water partition coefficient (Wildman–Crippen LogP) is -5.95. The van der Waals surface area contributed by atoms with Crippen molar-refractivity contribution in [2.24, 2.45) is 0 Å². The van der Waals surface area contributed by atoms with Crippen molar-refractivity contribution in [3.05, 3.63) is 0 Å². The van der Waals surface area contributed by atoms with E-state index in [-0.39, 0.29) is 37.7 Å². The van der Waals surface area contributed by atoms with Crippen LogP contribution in [0.1, 0.15) is 0 Å². The van der Waals surface area contributed by atoms with Gasteiger partial charge in [-0.1, -0.05) is 0 Å². The van der Waals surface area contributed by atoms with Gasteiger partial charge in [0.05, 0.1) is 0 Å². The molecule has 0 atom stereocenters. The van der Waals surface area contributed by atoms with E-state index in [2.05, 4.69) is 8.12 Å². The molecule has 0 aromatic heterocycles. The molecule has 0 aliphatic heterocycles. The molecule has 0 spiro atoms. The van der Waals surface area contributed by atoms with Gasteiger partial charge < -0.3 is 12.4 Å². The van der Waals surface area contributed by atoms with Gasteiger partial charge in [0.1, 0.15) is 0 Å². The third-order valence-corrected chi connectivity index (χ3v) is 0. The Morgan fingerprint density at radius 1 is 1.00 bits per heavy atom. The van der Waals surface area contributed by atoms with Gasteiger partial charge in [0.15, 0.2) is 0 Å². The van der Waals surface area contributed by atoms with Crippen molar-refractivity contribution in [1.29, 1.82) is 0 Å². The quantitative estimate of drug-likeness (QED) is 0.237. The molecular formula is BFLi2+. The molecule has 11 valence electrons. The fraction of sp³-hybridized carbons (Fsp3) is 0. The topological polar surface area (TPSA) is 0 Å². The van der Waals surface area contributed by atoms with Crippen molar-refractivity contribution in [2.45, 2.75) is 0 Å². The number of hydrogen-bond donors (Lipinski definition) is 0. The van der Waals surface area contributed by atoms with E-state index in [1.807, 2.05) is 0 Å². The minimum atomic E-state index is 0. The van der Waals surface area contributed by atoms with Crippen LogP contribution in [-0.4, -0.2) is 8.12 Å². The van der Waals surface area contributed by atoms with Crippen LogP contribution in [0.15, 0.2) is 0 Å². The zero-order valence-corrected chi connectivity index (χ0v) is 2.96. The van der Waals surface area contributed by atoms with Crippen LogP contribution in [0.3, 0.4) is 0 Å². The second kappa shape index (κ2) is 30.1. The molecule has 0 heterocycles. The van der Waals surface area contributed by atoms with Crippen LogP contribution in [0.5, 0.6) is 0 Å². The predicted molar refractivity (Wildman–Crippen MR) is 6.86 cm³/mol. The van der Waals surface area contributed by atoms with Gasteiger partial charge in [-0.05, 0) is 0 Å². The molecule has 4 heteroatoms. The molecule has 4 heavy (non-hydrogen) atoms. The average Bonchev–Trinajstić information content (AvgIpc) is 1.00. The zero-order chi connectivity index (χ0) is 2.00. The van der Waals surface area contributed by atoms with E-state index < -0.39 is 0 Å². The zero-order valence-electron chi connectivity index (χ0n) is 2.96. The molecule has 0 rings (SSSR count). The van der Waals surface area contributed by atoms with E-state index in [0.29, 0.717) is 0 Å². The Hall–Kier alpha value is 1.19. The second-order valence-electron chi connectivity index (χ2n) is 0. The van der Waals surface area contributed by atoms with Crippen LogP contribution < -0.4 is 37.7 Å². The molecule has 0 aromatic rings. The van der Waals surface area contributed by atoms with E-state index in [1.54, 1.807) is 0 Å². The summed E-state index contributed by atoms with van der Waals surface area (Å²) in [5.41, 5.74) is 0. The SMILES string of the molecule is [B-]F.[Li+].[Li+]. The minimum absolute atomic E-state index is 0. The smallest absolute Gasteiger partial charge is 0.643 e. The first-order valence-electron chi connectivity index (χ1n) is 0.218. The Kier molecular flexibility index (Phi) is 143. The van der Waals surface area contributed by atoms with E-state index in [1.165, 1.54) is 0 Å². The maximum atomic E-state index is 9.00. The molecule has 0 nitrogen and oxygen atoms in total. The Morgan fingerprint density at radius 2 is 1.00 bits per heavy atom. The van der Waals surface area contributed by atoms with Crippen molar-refractivity contribution in [1.82, 2.24) is 0 Å². The van der Waals surface area contributed by atoms with Crippen LogP contribution in [0.4, 0.5) is 4.32 Å². The summed E-state index contributed by atoms with van der Waals surface area (Å²) in [6.45, 7) is 0. The summed E-state index contributed by atoms with van der Waals surface area (Å²) in [6, 6.07) is 0. The monoisotopic (exact) mass is 44.0 g/mol. The molecule has 0 N–H and O–H groups in total. The van der Waals surface area contributed by atoms with E-state index in [9.17, 15) is 0 Å². The second-order valence-corrected chi connectivity index (χ2v) is 0. The first kappa shape index (κ1) is 19.0.